The van der Waals surface area contributed by atoms with Gasteiger partial charge >= 0.3 is 37.7 Å². The number of aromatic hydroxyl groups is 1. The average Bonchev–Trinajstić information content (AvgIpc) is 3.21. The molecule has 0 aliphatic carbocycles. The summed E-state index contributed by atoms with van der Waals surface area (Å²) in [4.78, 5) is -1.31. The SMILES string of the molecule is CCCCCCCCCCCCc1cc(O)c(S(=O)(=O)O)cc1Oc1ccccc1.CCCCCCCCCCCCc1cc([O-])c(S(=O)(=O)[O-])cc1Oc1ccccc1.[Ca+2]. The molecule has 0 aliphatic heterocycles. The van der Waals surface area contributed by atoms with E-state index in [9.17, 15) is 36.2 Å². The quantitative estimate of drug-likeness (QED) is 0.0317. The third kappa shape index (κ3) is 21.9. The Balaban J connectivity index is 0.000000413. The monoisotopic (exact) mass is 906 g/mol. The van der Waals surface area contributed by atoms with Crippen LogP contribution in [0.25, 0.3) is 0 Å². The number of rotatable bonds is 28. The van der Waals surface area contributed by atoms with Crippen molar-refractivity contribution in [2.45, 2.75) is 165 Å². The van der Waals surface area contributed by atoms with E-state index in [1.165, 1.54) is 108 Å². The molecule has 4 rings (SSSR count). The number of hydrogen-bond acceptors (Lipinski definition) is 9. The summed E-state index contributed by atoms with van der Waals surface area (Å²) in [6.45, 7) is 4.45. The Morgan fingerprint density at radius 1 is 0.508 bits per heavy atom. The van der Waals surface area contributed by atoms with Crippen LogP contribution in [0, 0.1) is 0 Å². The first kappa shape index (κ1) is 54.3. The van der Waals surface area contributed by atoms with Gasteiger partial charge in [-0.15, -0.1) is 0 Å². The van der Waals surface area contributed by atoms with E-state index < -0.39 is 41.5 Å². The van der Waals surface area contributed by atoms with Crippen molar-refractivity contribution in [3.8, 4) is 34.5 Å². The molecule has 0 unspecified atom stereocenters. The van der Waals surface area contributed by atoms with Gasteiger partial charge in [-0.1, -0.05) is 178 Å². The van der Waals surface area contributed by atoms with E-state index >= 15 is 0 Å². The summed E-state index contributed by atoms with van der Waals surface area (Å²) in [5.74, 6) is 0.449. The Morgan fingerprint density at radius 2 is 0.852 bits per heavy atom. The number of hydrogen-bond donors (Lipinski definition) is 2. The topological polar surface area (TPSA) is 173 Å². The van der Waals surface area contributed by atoms with Crippen molar-refractivity contribution in [3.05, 3.63) is 96.1 Å². The predicted molar refractivity (Wildman–Crippen MR) is 242 cm³/mol. The molecule has 0 aliphatic rings. The second-order valence-electron chi connectivity index (χ2n) is 15.5. The fourth-order valence-corrected chi connectivity index (χ4v) is 8.13. The molecular weight excluding hydrogens is 841 g/mol. The molecule has 0 bridgehead atoms. The standard InChI is InChI=1S/2C24H34O5S.Ca/c2*1-2-3-4-5-6-7-8-9-10-12-15-20-18-22(25)24(30(26,27)28)19-23(20)29-21-16-13-11-14-17-21;/h2*11,13-14,16-19,25H,2-10,12,15H2,1H3,(H,26,27,28);/q;;+2/p-2. The van der Waals surface area contributed by atoms with E-state index in [-0.39, 0.29) is 43.5 Å². The molecule has 0 saturated carbocycles. The molecule has 4 aromatic rings. The molecule has 4 aromatic carbocycles. The van der Waals surface area contributed by atoms with Crippen molar-refractivity contribution >= 4 is 58.0 Å². The van der Waals surface area contributed by atoms with Gasteiger partial charge in [-0.25, -0.2) is 8.42 Å². The Labute approximate surface area is 396 Å². The van der Waals surface area contributed by atoms with Crippen molar-refractivity contribution in [1.29, 1.82) is 0 Å². The van der Waals surface area contributed by atoms with Gasteiger partial charge in [-0.3, -0.25) is 4.55 Å². The number of benzene rings is 4. The number of para-hydroxylation sites is 2. The van der Waals surface area contributed by atoms with Gasteiger partial charge in [0.2, 0.25) is 0 Å². The molecule has 0 amide bonds. The van der Waals surface area contributed by atoms with Crippen LogP contribution >= 0.6 is 0 Å². The van der Waals surface area contributed by atoms with Gasteiger partial charge in [0, 0.05) is 6.07 Å². The maximum atomic E-state index is 12.1. The average molecular weight is 907 g/mol. The van der Waals surface area contributed by atoms with Crippen LogP contribution in [0.5, 0.6) is 34.5 Å². The summed E-state index contributed by atoms with van der Waals surface area (Å²) in [6, 6.07) is 22.8. The third-order valence-corrected chi connectivity index (χ3v) is 12.1. The molecule has 2 N–H and O–H groups in total. The van der Waals surface area contributed by atoms with Gasteiger partial charge in [0.05, 0.1) is 4.90 Å². The molecule has 0 spiro atoms. The summed E-state index contributed by atoms with van der Waals surface area (Å²) in [7, 11) is -9.39. The first-order valence-electron chi connectivity index (χ1n) is 21.9. The van der Waals surface area contributed by atoms with Crippen molar-refractivity contribution in [2.24, 2.45) is 0 Å². The largest absolute Gasteiger partial charge is 2.00 e. The molecule has 0 fully saturated rings. The molecule has 0 atom stereocenters. The number of aryl methyl sites for hydroxylation is 2. The van der Waals surface area contributed by atoms with Crippen LogP contribution in [-0.2, 0) is 33.1 Å². The van der Waals surface area contributed by atoms with Gasteiger partial charge in [0.1, 0.15) is 43.8 Å². The molecular formula is C48H66CaO10S2. The fourth-order valence-electron chi connectivity index (χ4n) is 7.00. The molecule has 0 aromatic heterocycles. The predicted octanol–water partition coefficient (Wildman–Crippen LogP) is 12.4. The van der Waals surface area contributed by atoms with E-state index in [2.05, 4.69) is 13.8 Å². The number of phenolic OH excluding ortho intramolecular Hbond substituents is 1. The summed E-state index contributed by atoms with van der Waals surface area (Å²) < 4.78 is 78.3. The van der Waals surface area contributed by atoms with Gasteiger partial charge in [0.15, 0.2) is 0 Å². The maximum Gasteiger partial charge on any atom is 2.00 e. The molecule has 10 nitrogen and oxygen atoms in total. The van der Waals surface area contributed by atoms with Crippen molar-refractivity contribution in [2.75, 3.05) is 0 Å². The summed E-state index contributed by atoms with van der Waals surface area (Å²) in [5, 5.41) is 22.2. The maximum absolute atomic E-state index is 12.1. The molecule has 61 heavy (non-hydrogen) atoms. The van der Waals surface area contributed by atoms with Crippen LogP contribution in [0.15, 0.2) is 94.7 Å². The minimum absolute atomic E-state index is 0. The third-order valence-electron chi connectivity index (χ3n) is 10.4. The Morgan fingerprint density at radius 3 is 1.21 bits per heavy atom. The Hall–Kier alpha value is -2.84. The van der Waals surface area contributed by atoms with Gasteiger partial charge in [-0.2, -0.15) is 8.42 Å². The Kier molecular flexibility index (Phi) is 27.0. The number of unbranched alkanes of at least 4 members (excludes halogenated alkanes) is 18. The van der Waals surface area contributed by atoms with Crippen LogP contribution in [-0.4, -0.2) is 68.8 Å². The van der Waals surface area contributed by atoms with Crippen molar-refractivity contribution < 1.29 is 45.6 Å². The van der Waals surface area contributed by atoms with Crippen LogP contribution in [0.2, 0.25) is 0 Å². The molecule has 332 valence electrons. The van der Waals surface area contributed by atoms with Crippen LogP contribution < -0.4 is 14.6 Å². The minimum atomic E-state index is -4.85. The zero-order chi connectivity index (χ0) is 43.6. The first-order valence-corrected chi connectivity index (χ1v) is 24.8. The van der Waals surface area contributed by atoms with E-state index in [0.717, 1.165) is 50.2 Å². The van der Waals surface area contributed by atoms with E-state index in [4.69, 9.17) is 9.47 Å². The summed E-state index contributed by atoms with van der Waals surface area (Å²) in [5.41, 5.74) is 1.36. The van der Waals surface area contributed by atoms with Gasteiger partial charge in [0.25, 0.3) is 10.1 Å². The second-order valence-corrected chi connectivity index (χ2v) is 18.2. The van der Waals surface area contributed by atoms with Crippen molar-refractivity contribution in [3.63, 3.8) is 0 Å². The fraction of sp³-hybridized carbons (Fsp3) is 0.500. The molecule has 0 heterocycles. The van der Waals surface area contributed by atoms with Crippen LogP contribution in [0.3, 0.4) is 0 Å². The molecule has 0 saturated heterocycles. The Bertz CT molecular complexity index is 1880. The molecule has 0 radical (unpaired) electrons. The normalized spacial score (nSPS) is 11.3. The van der Waals surface area contributed by atoms with Crippen LogP contribution in [0.1, 0.15) is 153 Å². The van der Waals surface area contributed by atoms with Gasteiger partial charge in [-0.05, 0) is 73.2 Å². The number of phenols is 1. The zero-order valence-electron chi connectivity index (χ0n) is 36.3. The summed E-state index contributed by atoms with van der Waals surface area (Å²) >= 11 is 0. The van der Waals surface area contributed by atoms with Gasteiger partial charge < -0.3 is 24.2 Å². The van der Waals surface area contributed by atoms with E-state index in [0.29, 0.717) is 35.7 Å². The summed E-state index contributed by atoms with van der Waals surface area (Å²) in [6.07, 6.45) is 25.5. The van der Waals surface area contributed by atoms with Crippen LogP contribution in [0.4, 0.5) is 0 Å². The van der Waals surface area contributed by atoms with E-state index in [1.807, 2.05) is 24.3 Å². The van der Waals surface area contributed by atoms with E-state index in [1.54, 1.807) is 36.4 Å². The van der Waals surface area contributed by atoms with Crippen molar-refractivity contribution in [1.82, 2.24) is 0 Å². The first-order chi connectivity index (χ1) is 28.8. The minimum Gasteiger partial charge on any atom is -0.872 e. The second kappa shape index (κ2) is 30.3. The smallest absolute Gasteiger partial charge is 0.872 e. The molecule has 13 heteroatoms. The number of ether oxygens (including phenoxy) is 2. The zero-order valence-corrected chi connectivity index (χ0v) is 40.2.